The Bertz CT molecular complexity index is 1170. The summed E-state index contributed by atoms with van der Waals surface area (Å²) in [4.78, 5) is 6.87. The Kier molecular flexibility index (Phi) is 4.39. The van der Waals surface area contributed by atoms with Crippen molar-refractivity contribution < 1.29 is 9.13 Å². The summed E-state index contributed by atoms with van der Waals surface area (Å²) < 4.78 is 22.6. The summed E-state index contributed by atoms with van der Waals surface area (Å²) in [6.07, 6.45) is 2.94. The van der Waals surface area contributed by atoms with Crippen molar-refractivity contribution in [3.05, 3.63) is 54.7 Å². The van der Waals surface area contributed by atoms with Crippen LogP contribution in [0.5, 0.6) is 5.75 Å². The molecule has 7 heteroatoms. The van der Waals surface area contributed by atoms with Gasteiger partial charge in [-0.1, -0.05) is 12.1 Å². The Morgan fingerprint density at radius 2 is 1.93 bits per heavy atom. The number of rotatable bonds is 4. The maximum absolute atomic E-state index is 14.9. The molecule has 0 saturated carbocycles. The molecule has 29 heavy (non-hydrogen) atoms. The summed E-state index contributed by atoms with van der Waals surface area (Å²) in [5.74, 6) is 1.36. The smallest absolute Gasteiger partial charge is 0.187 e. The second-order valence-corrected chi connectivity index (χ2v) is 7.75. The van der Waals surface area contributed by atoms with Crippen LogP contribution in [0.1, 0.15) is 12.8 Å². The van der Waals surface area contributed by atoms with Crippen molar-refractivity contribution in [1.29, 1.82) is 0 Å². The Hall–Kier alpha value is -3.06. The third-order valence-electron chi connectivity index (χ3n) is 5.58. The van der Waals surface area contributed by atoms with Gasteiger partial charge in [0.2, 0.25) is 0 Å². The molecule has 1 aliphatic heterocycles. The number of pyridine rings is 2. The standard InChI is InChI=1S/C22H22FN5O/c1-27-12-9-22(23,10-13-27)15-29-17-6-8-18-16(14-17)5-7-19(24-18)21-26-25-20-4-2-3-11-28(20)21/h2-8,11,14H,9-10,12-13,15H2,1H3. The van der Waals surface area contributed by atoms with Gasteiger partial charge in [0.25, 0.3) is 0 Å². The molecule has 6 nitrogen and oxygen atoms in total. The number of fused-ring (bicyclic) bond motifs is 2. The van der Waals surface area contributed by atoms with Crippen LogP contribution in [0.4, 0.5) is 4.39 Å². The van der Waals surface area contributed by atoms with E-state index >= 15 is 0 Å². The number of benzene rings is 1. The normalized spacial score (nSPS) is 17.0. The molecule has 0 unspecified atom stereocenters. The van der Waals surface area contributed by atoms with E-state index in [1.165, 1.54) is 0 Å². The predicted molar refractivity (Wildman–Crippen MR) is 110 cm³/mol. The van der Waals surface area contributed by atoms with Crippen LogP contribution in [-0.2, 0) is 0 Å². The molecule has 1 aromatic carbocycles. The number of halogens is 1. The topological polar surface area (TPSA) is 55.5 Å². The van der Waals surface area contributed by atoms with Crippen LogP contribution in [0.3, 0.4) is 0 Å². The first-order chi connectivity index (χ1) is 14.1. The van der Waals surface area contributed by atoms with Gasteiger partial charge < -0.3 is 9.64 Å². The Labute approximate surface area is 168 Å². The largest absolute Gasteiger partial charge is 0.490 e. The molecule has 5 rings (SSSR count). The summed E-state index contributed by atoms with van der Waals surface area (Å²) in [7, 11) is 2.02. The molecule has 0 bridgehead atoms. The molecule has 4 aromatic rings. The summed E-state index contributed by atoms with van der Waals surface area (Å²) >= 11 is 0. The maximum atomic E-state index is 14.9. The molecular formula is C22H22FN5O. The van der Waals surface area contributed by atoms with Crippen molar-refractivity contribution in [3.8, 4) is 17.3 Å². The Morgan fingerprint density at radius 3 is 2.79 bits per heavy atom. The molecule has 1 aliphatic rings. The van der Waals surface area contributed by atoms with E-state index in [4.69, 9.17) is 9.72 Å². The van der Waals surface area contributed by atoms with Gasteiger partial charge in [-0.15, -0.1) is 10.2 Å². The molecule has 0 atom stereocenters. The Morgan fingerprint density at radius 1 is 1.07 bits per heavy atom. The third kappa shape index (κ3) is 3.53. The predicted octanol–water partition coefficient (Wildman–Crippen LogP) is 3.76. The number of hydrogen-bond acceptors (Lipinski definition) is 5. The zero-order valence-corrected chi connectivity index (χ0v) is 16.3. The van der Waals surface area contributed by atoms with Gasteiger partial charge in [0.05, 0.1) is 5.52 Å². The van der Waals surface area contributed by atoms with Gasteiger partial charge in [0.15, 0.2) is 11.5 Å². The summed E-state index contributed by atoms with van der Waals surface area (Å²) in [6, 6.07) is 15.3. The average molecular weight is 391 g/mol. The second kappa shape index (κ2) is 7.08. The van der Waals surface area contributed by atoms with Gasteiger partial charge in [-0.3, -0.25) is 4.40 Å². The van der Waals surface area contributed by atoms with E-state index in [-0.39, 0.29) is 6.61 Å². The summed E-state index contributed by atoms with van der Waals surface area (Å²) in [5.41, 5.74) is 1.11. The second-order valence-electron chi connectivity index (χ2n) is 7.75. The minimum Gasteiger partial charge on any atom is -0.490 e. The lowest BCUT2D eigenvalue weighted by Crippen LogP contribution is -2.43. The molecule has 1 fully saturated rings. The van der Waals surface area contributed by atoms with Crippen LogP contribution in [0.2, 0.25) is 0 Å². The SMILES string of the molecule is CN1CCC(F)(COc2ccc3nc(-c4nnc5ccccn45)ccc3c2)CC1. The highest BCUT2D eigenvalue weighted by atomic mass is 19.1. The number of aromatic nitrogens is 4. The summed E-state index contributed by atoms with van der Waals surface area (Å²) in [6.45, 7) is 1.62. The van der Waals surface area contributed by atoms with Gasteiger partial charge >= 0.3 is 0 Å². The lowest BCUT2D eigenvalue weighted by molar-refractivity contribution is 0.0245. The molecule has 1 saturated heterocycles. The number of ether oxygens (including phenoxy) is 1. The number of nitrogens with zero attached hydrogens (tertiary/aromatic N) is 5. The van der Waals surface area contributed by atoms with E-state index in [9.17, 15) is 4.39 Å². The van der Waals surface area contributed by atoms with Gasteiger partial charge in [0, 0.05) is 24.7 Å². The zero-order chi connectivity index (χ0) is 19.8. The monoisotopic (exact) mass is 391 g/mol. The maximum Gasteiger partial charge on any atom is 0.187 e. The first-order valence-corrected chi connectivity index (χ1v) is 9.81. The van der Waals surface area contributed by atoms with Crippen LogP contribution in [0.25, 0.3) is 28.1 Å². The number of alkyl halides is 1. The first kappa shape index (κ1) is 18.0. The van der Waals surface area contributed by atoms with Crippen molar-refractivity contribution in [1.82, 2.24) is 24.5 Å². The van der Waals surface area contributed by atoms with Crippen LogP contribution >= 0.6 is 0 Å². The molecule has 0 N–H and O–H groups in total. The minimum absolute atomic E-state index is 0.0869. The molecule has 0 radical (unpaired) electrons. The molecule has 0 amide bonds. The molecule has 4 heterocycles. The van der Waals surface area contributed by atoms with E-state index in [2.05, 4.69) is 15.1 Å². The highest BCUT2D eigenvalue weighted by Gasteiger charge is 2.34. The van der Waals surface area contributed by atoms with E-state index in [0.29, 0.717) is 24.4 Å². The van der Waals surface area contributed by atoms with Gasteiger partial charge in [-0.25, -0.2) is 9.37 Å². The fraction of sp³-hybridized carbons (Fsp3) is 0.318. The lowest BCUT2D eigenvalue weighted by Gasteiger charge is -2.34. The lowest BCUT2D eigenvalue weighted by atomic mass is 9.94. The minimum atomic E-state index is -1.25. The quantitative estimate of drug-likeness (QED) is 0.530. The fourth-order valence-electron chi connectivity index (χ4n) is 3.71. The van der Waals surface area contributed by atoms with Crippen molar-refractivity contribution >= 4 is 16.6 Å². The van der Waals surface area contributed by atoms with Crippen LogP contribution in [0.15, 0.2) is 54.7 Å². The average Bonchev–Trinajstić information content (AvgIpc) is 3.18. The van der Waals surface area contributed by atoms with E-state index < -0.39 is 5.67 Å². The third-order valence-corrected chi connectivity index (χ3v) is 5.58. The van der Waals surface area contributed by atoms with Crippen molar-refractivity contribution in [3.63, 3.8) is 0 Å². The van der Waals surface area contributed by atoms with Crippen molar-refractivity contribution in [2.75, 3.05) is 26.7 Å². The molecule has 3 aromatic heterocycles. The van der Waals surface area contributed by atoms with E-state index in [1.54, 1.807) is 0 Å². The summed E-state index contributed by atoms with van der Waals surface area (Å²) in [5, 5.41) is 9.39. The van der Waals surface area contributed by atoms with Crippen molar-refractivity contribution in [2.45, 2.75) is 18.5 Å². The number of hydrogen-bond donors (Lipinski definition) is 0. The van der Waals surface area contributed by atoms with Gasteiger partial charge in [-0.2, -0.15) is 0 Å². The molecular weight excluding hydrogens is 369 g/mol. The molecule has 0 spiro atoms. The highest BCUT2D eigenvalue weighted by Crippen LogP contribution is 2.29. The first-order valence-electron chi connectivity index (χ1n) is 9.81. The van der Waals surface area contributed by atoms with Gasteiger partial charge in [0.1, 0.15) is 23.7 Å². The zero-order valence-electron chi connectivity index (χ0n) is 16.3. The number of piperidine rings is 1. The van der Waals surface area contributed by atoms with E-state index in [1.807, 2.05) is 66.2 Å². The highest BCUT2D eigenvalue weighted by molar-refractivity contribution is 5.82. The van der Waals surface area contributed by atoms with Crippen molar-refractivity contribution in [2.24, 2.45) is 0 Å². The van der Waals surface area contributed by atoms with E-state index in [0.717, 1.165) is 35.3 Å². The van der Waals surface area contributed by atoms with Crippen LogP contribution < -0.4 is 4.74 Å². The van der Waals surface area contributed by atoms with Crippen LogP contribution in [-0.4, -0.2) is 56.9 Å². The molecule has 0 aliphatic carbocycles. The Balaban J connectivity index is 1.37. The van der Waals surface area contributed by atoms with Crippen LogP contribution in [0, 0.1) is 0 Å². The molecule has 148 valence electrons. The van der Waals surface area contributed by atoms with Gasteiger partial charge in [-0.05, 0) is 56.3 Å². The fourth-order valence-corrected chi connectivity index (χ4v) is 3.71. The number of likely N-dealkylation sites (tertiary alicyclic amines) is 1.